The minimum absolute atomic E-state index is 0.339. The van der Waals surface area contributed by atoms with E-state index in [2.05, 4.69) is 6.92 Å². The van der Waals surface area contributed by atoms with Gasteiger partial charge in [-0.2, -0.15) is 0 Å². The molecule has 0 unspecified atom stereocenters. The summed E-state index contributed by atoms with van der Waals surface area (Å²) in [6.45, 7) is 8.13. The second-order valence-electron chi connectivity index (χ2n) is 7.06. The molecule has 23 heavy (non-hydrogen) atoms. The quantitative estimate of drug-likeness (QED) is 0.815. The van der Waals surface area contributed by atoms with Gasteiger partial charge in [-0.3, -0.25) is 4.31 Å². The molecule has 1 aliphatic rings. The van der Waals surface area contributed by atoms with Crippen molar-refractivity contribution in [3.05, 3.63) is 59.7 Å². The van der Waals surface area contributed by atoms with E-state index in [-0.39, 0.29) is 0 Å². The van der Waals surface area contributed by atoms with Gasteiger partial charge < -0.3 is 0 Å². The van der Waals surface area contributed by atoms with Gasteiger partial charge in [0.2, 0.25) is 0 Å². The lowest BCUT2D eigenvalue weighted by Crippen LogP contribution is -2.51. The van der Waals surface area contributed by atoms with Gasteiger partial charge in [0, 0.05) is 0 Å². The standard InChI is InChI=1S/C19H23NO2S/c1-14-9-11-16(12-10-14)23(21,22)20-18-8-6-5-7-17(18)15(2)13-19(20,3)4/h5-12,15H,13H2,1-4H3/t15-/m1/s1. The van der Waals surface area contributed by atoms with E-state index in [9.17, 15) is 8.42 Å². The van der Waals surface area contributed by atoms with Crippen LogP contribution in [0.5, 0.6) is 0 Å². The fraction of sp³-hybridized carbons (Fsp3) is 0.368. The van der Waals surface area contributed by atoms with Gasteiger partial charge in [0.15, 0.2) is 0 Å². The number of para-hydroxylation sites is 1. The second kappa shape index (κ2) is 5.38. The molecule has 4 heteroatoms. The van der Waals surface area contributed by atoms with Gasteiger partial charge in [0.25, 0.3) is 10.0 Å². The van der Waals surface area contributed by atoms with Gasteiger partial charge in [0.05, 0.1) is 16.1 Å². The molecule has 0 aliphatic carbocycles. The molecule has 0 radical (unpaired) electrons. The molecule has 3 nitrogen and oxygen atoms in total. The molecule has 122 valence electrons. The van der Waals surface area contributed by atoms with Crippen LogP contribution in [0.4, 0.5) is 5.69 Å². The number of benzene rings is 2. The largest absolute Gasteiger partial charge is 0.264 e. The Bertz CT molecular complexity index is 823. The van der Waals surface area contributed by atoms with Crippen molar-refractivity contribution in [1.82, 2.24) is 0 Å². The Morgan fingerprint density at radius 2 is 1.65 bits per heavy atom. The van der Waals surface area contributed by atoms with Crippen molar-refractivity contribution in [1.29, 1.82) is 0 Å². The number of sulfonamides is 1. The van der Waals surface area contributed by atoms with Gasteiger partial charge in [0.1, 0.15) is 0 Å². The number of nitrogens with zero attached hydrogens (tertiary/aromatic N) is 1. The van der Waals surface area contributed by atoms with Crippen molar-refractivity contribution in [3.8, 4) is 0 Å². The Morgan fingerprint density at radius 3 is 2.30 bits per heavy atom. The molecule has 0 aromatic heterocycles. The van der Waals surface area contributed by atoms with Gasteiger partial charge >= 0.3 is 0 Å². The summed E-state index contributed by atoms with van der Waals surface area (Å²) in [7, 11) is -3.59. The average molecular weight is 329 g/mol. The highest BCUT2D eigenvalue weighted by atomic mass is 32.2. The van der Waals surface area contributed by atoms with E-state index in [0.717, 1.165) is 23.2 Å². The maximum Gasteiger partial charge on any atom is 0.264 e. The van der Waals surface area contributed by atoms with Crippen LogP contribution in [-0.2, 0) is 10.0 Å². The molecule has 0 amide bonds. The van der Waals surface area contributed by atoms with Crippen LogP contribution in [0.15, 0.2) is 53.4 Å². The normalized spacial score (nSPS) is 20.2. The van der Waals surface area contributed by atoms with Crippen LogP contribution in [0.2, 0.25) is 0 Å². The molecule has 1 aliphatic heterocycles. The molecule has 1 atom stereocenters. The molecule has 0 bridgehead atoms. The smallest absolute Gasteiger partial charge is 0.260 e. The number of rotatable bonds is 2. The molecule has 2 aromatic carbocycles. The summed E-state index contributed by atoms with van der Waals surface area (Å²) >= 11 is 0. The van der Waals surface area contributed by atoms with Crippen LogP contribution in [0.3, 0.4) is 0 Å². The van der Waals surface area contributed by atoms with E-state index in [1.807, 2.05) is 57.2 Å². The van der Waals surface area contributed by atoms with Crippen LogP contribution >= 0.6 is 0 Å². The maximum atomic E-state index is 13.3. The number of anilines is 1. The second-order valence-corrected chi connectivity index (χ2v) is 8.85. The highest BCUT2D eigenvalue weighted by Gasteiger charge is 2.43. The summed E-state index contributed by atoms with van der Waals surface area (Å²) in [6.07, 6.45) is 0.801. The third-order valence-electron chi connectivity index (χ3n) is 4.60. The topological polar surface area (TPSA) is 37.4 Å². The summed E-state index contributed by atoms with van der Waals surface area (Å²) in [5, 5.41) is 0. The Morgan fingerprint density at radius 1 is 1.04 bits per heavy atom. The fourth-order valence-corrected chi connectivity index (χ4v) is 5.47. The van der Waals surface area contributed by atoms with Gasteiger partial charge in [-0.1, -0.05) is 42.8 Å². The highest BCUT2D eigenvalue weighted by molar-refractivity contribution is 7.93. The molecule has 0 spiro atoms. The van der Waals surface area contributed by atoms with E-state index in [4.69, 9.17) is 0 Å². The van der Waals surface area contributed by atoms with Gasteiger partial charge in [-0.05, 0) is 56.9 Å². The third-order valence-corrected chi connectivity index (χ3v) is 6.64. The Balaban J connectivity index is 2.20. The van der Waals surface area contributed by atoms with Crippen LogP contribution < -0.4 is 4.31 Å². The fourth-order valence-electron chi connectivity index (χ4n) is 3.63. The predicted molar refractivity (Wildman–Crippen MR) is 94.4 cm³/mol. The molecule has 0 fully saturated rings. The first kappa shape index (κ1) is 16.1. The molecular weight excluding hydrogens is 306 g/mol. The number of hydrogen-bond donors (Lipinski definition) is 0. The zero-order chi connectivity index (χ0) is 16.8. The third kappa shape index (κ3) is 2.65. The lowest BCUT2D eigenvalue weighted by atomic mass is 9.82. The van der Waals surface area contributed by atoms with Crippen LogP contribution in [0.25, 0.3) is 0 Å². The molecule has 1 heterocycles. The van der Waals surface area contributed by atoms with Crippen molar-refractivity contribution in [2.45, 2.75) is 50.5 Å². The Labute approximate surface area is 139 Å². The number of hydrogen-bond acceptors (Lipinski definition) is 2. The summed E-state index contributed by atoms with van der Waals surface area (Å²) in [4.78, 5) is 0.348. The highest BCUT2D eigenvalue weighted by Crippen LogP contribution is 2.45. The molecular formula is C19H23NO2S. The first-order chi connectivity index (χ1) is 10.7. The maximum absolute atomic E-state index is 13.3. The Kier molecular flexibility index (Phi) is 3.75. The van der Waals surface area contributed by atoms with Crippen LogP contribution in [-0.4, -0.2) is 14.0 Å². The Hall–Kier alpha value is -1.81. The average Bonchev–Trinajstić information content (AvgIpc) is 2.46. The van der Waals surface area contributed by atoms with E-state index >= 15 is 0 Å². The predicted octanol–water partition coefficient (Wildman–Crippen LogP) is 4.48. The van der Waals surface area contributed by atoms with E-state index in [1.54, 1.807) is 16.4 Å². The van der Waals surface area contributed by atoms with Crippen molar-refractivity contribution in [3.63, 3.8) is 0 Å². The molecule has 0 N–H and O–H groups in total. The lowest BCUT2D eigenvalue weighted by molar-refractivity contribution is 0.413. The zero-order valence-corrected chi connectivity index (χ0v) is 14.9. The summed E-state index contributed by atoms with van der Waals surface area (Å²) in [5.41, 5.74) is 2.49. The minimum atomic E-state index is -3.59. The number of fused-ring (bicyclic) bond motifs is 1. The van der Waals surface area contributed by atoms with Crippen molar-refractivity contribution < 1.29 is 8.42 Å². The number of aryl methyl sites for hydroxylation is 1. The van der Waals surface area contributed by atoms with E-state index in [0.29, 0.717) is 10.8 Å². The zero-order valence-electron chi connectivity index (χ0n) is 14.1. The van der Waals surface area contributed by atoms with Gasteiger partial charge in [-0.15, -0.1) is 0 Å². The van der Waals surface area contributed by atoms with E-state index in [1.165, 1.54) is 0 Å². The SMILES string of the molecule is Cc1ccc(S(=O)(=O)N2c3ccccc3[C@H](C)CC2(C)C)cc1. The van der Waals surface area contributed by atoms with E-state index < -0.39 is 15.6 Å². The summed E-state index contributed by atoms with van der Waals surface area (Å²) in [5.74, 6) is 0.339. The minimum Gasteiger partial charge on any atom is -0.260 e. The first-order valence-corrected chi connectivity index (χ1v) is 9.38. The van der Waals surface area contributed by atoms with Crippen LogP contribution in [0, 0.1) is 6.92 Å². The van der Waals surface area contributed by atoms with Crippen molar-refractivity contribution in [2.75, 3.05) is 4.31 Å². The van der Waals surface area contributed by atoms with Crippen LogP contribution in [0.1, 0.15) is 44.2 Å². The summed E-state index contributed by atoms with van der Waals surface area (Å²) < 4.78 is 28.2. The monoisotopic (exact) mass is 329 g/mol. The molecule has 3 rings (SSSR count). The molecule has 2 aromatic rings. The van der Waals surface area contributed by atoms with Crippen molar-refractivity contribution in [2.24, 2.45) is 0 Å². The van der Waals surface area contributed by atoms with Gasteiger partial charge in [-0.25, -0.2) is 8.42 Å². The van der Waals surface area contributed by atoms with Crippen molar-refractivity contribution >= 4 is 15.7 Å². The molecule has 0 saturated heterocycles. The lowest BCUT2D eigenvalue weighted by Gasteiger charge is -2.46. The molecule has 0 saturated carbocycles. The summed E-state index contributed by atoms with van der Waals surface area (Å²) in [6, 6.07) is 14.9. The first-order valence-electron chi connectivity index (χ1n) is 7.94.